The van der Waals surface area contributed by atoms with Crippen LogP contribution < -0.4 is 5.43 Å². The number of hydrogen-bond acceptors (Lipinski definition) is 6. The quantitative estimate of drug-likeness (QED) is 0.507. The molecule has 114 valence electrons. The highest BCUT2D eigenvalue weighted by Crippen LogP contribution is 2.03. The van der Waals surface area contributed by atoms with Crippen molar-refractivity contribution in [2.75, 3.05) is 0 Å². The van der Waals surface area contributed by atoms with E-state index in [1.54, 1.807) is 25.1 Å². The first-order valence-electron chi connectivity index (χ1n) is 6.39. The fourth-order valence-corrected chi connectivity index (χ4v) is 1.71. The Labute approximate surface area is 125 Å². The third-order valence-electron chi connectivity index (χ3n) is 2.71. The predicted octanol–water partition coefficient (Wildman–Crippen LogP) is 1.30. The monoisotopic (exact) mass is 302 g/mol. The SMILES string of the molecule is C/C(Cn1cnc([N+](=O)[O-])n1)=N\NC(=O)c1cccc(C)c1. The maximum atomic E-state index is 11.9. The number of rotatable bonds is 5. The van der Waals surface area contributed by atoms with Gasteiger partial charge in [-0.05, 0) is 30.9 Å². The fraction of sp³-hybridized carbons (Fsp3) is 0.231. The van der Waals surface area contributed by atoms with Gasteiger partial charge >= 0.3 is 5.95 Å². The Morgan fingerprint density at radius 3 is 2.91 bits per heavy atom. The molecule has 1 amide bonds. The minimum absolute atomic E-state index is 0.189. The summed E-state index contributed by atoms with van der Waals surface area (Å²) in [5.74, 6) is -0.802. The summed E-state index contributed by atoms with van der Waals surface area (Å²) in [7, 11) is 0. The lowest BCUT2D eigenvalue weighted by molar-refractivity contribution is -0.394. The van der Waals surface area contributed by atoms with Gasteiger partial charge in [0.25, 0.3) is 5.91 Å². The summed E-state index contributed by atoms with van der Waals surface area (Å²) >= 11 is 0. The molecule has 9 nitrogen and oxygen atoms in total. The van der Waals surface area contributed by atoms with Crippen molar-refractivity contribution in [3.8, 4) is 0 Å². The van der Waals surface area contributed by atoms with Gasteiger partial charge in [0.1, 0.15) is 0 Å². The van der Waals surface area contributed by atoms with Crippen molar-refractivity contribution in [1.82, 2.24) is 20.2 Å². The molecule has 9 heteroatoms. The zero-order valence-electron chi connectivity index (χ0n) is 12.1. The smallest absolute Gasteiger partial charge is 0.390 e. The Bertz CT molecular complexity index is 737. The minimum Gasteiger partial charge on any atom is -0.390 e. The van der Waals surface area contributed by atoms with Crippen LogP contribution in [-0.4, -0.2) is 31.3 Å². The van der Waals surface area contributed by atoms with Crippen molar-refractivity contribution < 1.29 is 9.72 Å². The molecule has 1 aromatic carbocycles. The number of aromatic nitrogens is 3. The lowest BCUT2D eigenvalue weighted by atomic mass is 10.1. The number of aryl methyl sites for hydroxylation is 1. The van der Waals surface area contributed by atoms with Crippen molar-refractivity contribution in [2.24, 2.45) is 5.10 Å². The third kappa shape index (κ3) is 3.95. The average molecular weight is 302 g/mol. The second-order valence-electron chi connectivity index (χ2n) is 4.66. The Hall–Kier alpha value is -3.10. The van der Waals surface area contributed by atoms with Gasteiger partial charge in [0.2, 0.25) is 6.33 Å². The largest absolute Gasteiger partial charge is 0.490 e. The van der Waals surface area contributed by atoms with E-state index in [1.165, 1.54) is 11.0 Å². The van der Waals surface area contributed by atoms with Gasteiger partial charge in [-0.2, -0.15) is 9.78 Å². The highest BCUT2D eigenvalue weighted by atomic mass is 16.6. The number of carbonyl (C=O) groups is 1. The van der Waals surface area contributed by atoms with Crippen LogP contribution in [0.4, 0.5) is 5.95 Å². The van der Waals surface area contributed by atoms with Crippen molar-refractivity contribution in [2.45, 2.75) is 20.4 Å². The van der Waals surface area contributed by atoms with Crippen molar-refractivity contribution in [3.63, 3.8) is 0 Å². The molecular formula is C13H14N6O3. The summed E-state index contributed by atoms with van der Waals surface area (Å²) in [6.07, 6.45) is 1.24. The Morgan fingerprint density at radius 2 is 2.27 bits per heavy atom. The van der Waals surface area contributed by atoms with Gasteiger partial charge in [0, 0.05) is 10.7 Å². The summed E-state index contributed by atoms with van der Waals surface area (Å²) in [6.45, 7) is 3.75. The first-order chi connectivity index (χ1) is 10.5. The van der Waals surface area contributed by atoms with Crippen molar-refractivity contribution in [1.29, 1.82) is 0 Å². The number of nitrogens with zero attached hydrogens (tertiary/aromatic N) is 5. The molecule has 0 saturated carbocycles. The van der Waals surface area contributed by atoms with Gasteiger partial charge in [-0.25, -0.2) is 5.43 Å². The third-order valence-corrected chi connectivity index (χ3v) is 2.71. The molecule has 0 spiro atoms. The topological polar surface area (TPSA) is 115 Å². The number of benzene rings is 1. The van der Waals surface area contributed by atoms with E-state index < -0.39 is 10.9 Å². The molecule has 0 fully saturated rings. The van der Waals surface area contributed by atoms with Crippen LogP contribution in [-0.2, 0) is 6.54 Å². The highest BCUT2D eigenvalue weighted by molar-refractivity contribution is 5.95. The molecule has 0 aliphatic rings. The molecule has 0 bridgehead atoms. The Kier molecular flexibility index (Phi) is 4.57. The number of amides is 1. The standard InChI is InChI=1S/C13H14N6O3/c1-9-4-3-5-11(6-9)12(20)16-15-10(2)7-18-8-14-13(17-18)19(21)22/h3-6,8H,7H2,1-2H3,(H,16,20)/b15-10+. The summed E-state index contributed by atoms with van der Waals surface area (Å²) in [5.41, 5.74) is 4.44. The number of nitro groups is 1. The van der Waals surface area contributed by atoms with Gasteiger partial charge in [-0.1, -0.05) is 22.7 Å². The molecule has 2 aromatic rings. The lowest BCUT2D eigenvalue weighted by Gasteiger charge is -2.02. The van der Waals surface area contributed by atoms with E-state index in [1.807, 2.05) is 13.0 Å². The molecular weight excluding hydrogens is 288 g/mol. The zero-order chi connectivity index (χ0) is 16.1. The maximum Gasteiger partial charge on any atom is 0.490 e. The Morgan fingerprint density at radius 1 is 1.50 bits per heavy atom. The molecule has 0 atom stereocenters. The van der Waals surface area contributed by atoms with Crippen LogP contribution in [0.1, 0.15) is 22.8 Å². The lowest BCUT2D eigenvalue weighted by Crippen LogP contribution is -2.20. The van der Waals surface area contributed by atoms with Crippen molar-refractivity contribution in [3.05, 3.63) is 51.8 Å². The molecule has 0 unspecified atom stereocenters. The maximum absolute atomic E-state index is 11.9. The summed E-state index contributed by atoms with van der Waals surface area (Å²) in [4.78, 5) is 25.2. The molecule has 1 heterocycles. The summed E-state index contributed by atoms with van der Waals surface area (Å²) in [6, 6.07) is 7.12. The van der Waals surface area contributed by atoms with Crippen LogP contribution in [0.25, 0.3) is 0 Å². The van der Waals surface area contributed by atoms with Gasteiger partial charge < -0.3 is 10.1 Å². The zero-order valence-corrected chi connectivity index (χ0v) is 12.1. The van der Waals surface area contributed by atoms with Crippen LogP contribution in [0.2, 0.25) is 0 Å². The molecule has 0 aliphatic heterocycles. The van der Waals surface area contributed by atoms with E-state index in [4.69, 9.17) is 0 Å². The van der Waals surface area contributed by atoms with Gasteiger partial charge in [0.15, 0.2) is 0 Å². The number of hydrogen-bond donors (Lipinski definition) is 1. The van der Waals surface area contributed by atoms with Crippen LogP contribution in [0, 0.1) is 17.0 Å². The first kappa shape index (κ1) is 15.3. The van der Waals surface area contributed by atoms with Crippen LogP contribution >= 0.6 is 0 Å². The molecule has 0 saturated heterocycles. The first-order valence-corrected chi connectivity index (χ1v) is 6.39. The molecule has 22 heavy (non-hydrogen) atoms. The minimum atomic E-state index is -0.678. The van der Waals surface area contributed by atoms with E-state index in [-0.39, 0.29) is 12.5 Å². The molecule has 0 aliphatic carbocycles. The van der Waals surface area contributed by atoms with E-state index >= 15 is 0 Å². The molecule has 1 N–H and O–H groups in total. The molecule has 1 aromatic heterocycles. The van der Waals surface area contributed by atoms with Gasteiger partial charge in [-0.15, -0.1) is 0 Å². The number of nitrogens with one attached hydrogen (secondary N) is 1. The normalized spacial score (nSPS) is 11.3. The van der Waals surface area contributed by atoms with E-state index in [0.717, 1.165) is 5.56 Å². The van der Waals surface area contributed by atoms with Crippen LogP contribution in [0.15, 0.2) is 35.7 Å². The van der Waals surface area contributed by atoms with Gasteiger partial charge in [-0.3, -0.25) is 4.79 Å². The second kappa shape index (κ2) is 6.57. The summed E-state index contributed by atoms with van der Waals surface area (Å²) < 4.78 is 1.27. The average Bonchev–Trinajstić information content (AvgIpc) is 2.93. The second-order valence-corrected chi connectivity index (χ2v) is 4.66. The fourth-order valence-electron chi connectivity index (χ4n) is 1.71. The van der Waals surface area contributed by atoms with Crippen molar-refractivity contribution >= 4 is 17.6 Å². The predicted molar refractivity (Wildman–Crippen MR) is 78.4 cm³/mol. The molecule has 0 radical (unpaired) electrons. The van der Waals surface area contributed by atoms with E-state index in [0.29, 0.717) is 11.3 Å². The molecule has 2 rings (SSSR count). The highest BCUT2D eigenvalue weighted by Gasteiger charge is 2.13. The number of hydrazone groups is 1. The van der Waals surface area contributed by atoms with Crippen LogP contribution in [0.3, 0.4) is 0 Å². The van der Waals surface area contributed by atoms with Crippen LogP contribution in [0.5, 0.6) is 0 Å². The van der Waals surface area contributed by atoms with Gasteiger partial charge in [0.05, 0.1) is 12.3 Å². The Balaban J connectivity index is 1.97. The van der Waals surface area contributed by atoms with E-state index in [2.05, 4.69) is 20.6 Å². The number of carbonyl (C=O) groups excluding carboxylic acids is 1. The summed E-state index contributed by atoms with van der Waals surface area (Å²) in [5, 5.41) is 18.1. The van der Waals surface area contributed by atoms with E-state index in [9.17, 15) is 14.9 Å².